The van der Waals surface area contributed by atoms with Gasteiger partial charge in [-0.05, 0) is 50.2 Å². The Hall–Kier alpha value is -1.51. The molecule has 126 valence electrons. The van der Waals surface area contributed by atoms with Crippen molar-refractivity contribution in [3.8, 4) is 0 Å². The van der Waals surface area contributed by atoms with Gasteiger partial charge in [-0.15, -0.1) is 0 Å². The van der Waals surface area contributed by atoms with Gasteiger partial charge in [0.15, 0.2) is 0 Å². The maximum Gasteiger partial charge on any atom is 0.509 e. The highest BCUT2D eigenvalue weighted by molar-refractivity contribution is 5.61. The minimum absolute atomic E-state index is 0.0396. The van der Waals surface area contributed by atoms with E-state index in [9.17, 15) is 4.79 Å². The molecule has 2 aliphatic rings. The lowest BCUT2D eigenvalue weighted by atomic mass is 9.70. The Morgan fingerprint density at radius 1 is 1.26 bits per heavy atom. The molecule has 2 bridgehead atoms. The number of benzene rings is 1. The summed E-state index contributed by atoms with van der Waals surface area (Å²) >= 11 is 0. The molecule has 0 spiro atoms. The van der Waals surface area contributed by atoms with Crippen LogP contribution in [0.4, 0.5) is 4.79 Å². The summed E-state index contributed by atoms with van der Waals surface area (Å²) in [5.41, 5.74) is 2.31. The second kappa shape index (κ2) is 5.54. The summed E-state index contributed by atoms with van der Waals surface area (Å²) in [5.74, 6) is 0.652. The Labute approximate surface area is 139 Å². The van der Waals surface area contributed by atoms with Crippen molar-refractivity contribution in [1.29, 1.82) is 0 Å². The van der Waals surface area contributed by atoms with Gasteiger partial charge in [0.2, 0.25) is 0 Å². The molecule has 2 saturated carbocycles. The predicted octanol–water partition coefficient (Wildman–Crippen LogP) is 5.42. The van der Waals surface area contributed by atoms with Crippen LogP contribution in [-0.2, 0) is 9.47 Å². The van der Waals surface area contributed by atoms with Crippen molar-refractivity contribution in [2.75, 3.05) is 0 Å². The van der Waals surface area contributed by atoms with Crippen molar-refractivity contribution in [1.82, 2.24) is 0 Å². The molecule has 0 aromatic heterocycles. The molecule has 4 atom stereocenters. The molecule has 0 heterocycles. The molecule has 1 aromatic carbocycles. The monoisotopic (exact) mass is 316 g/mol. The Morgan fingerprint density at radius 3 is 2.57 bits per heavy atom. The van der Waals surface area contributed by atoms with Crippen molar-refractivity contribution in [2.45, 2.75) is 66.1 Å². The first kappa shape index (κ1) is 16.4. The van der Waals surface area contributed by atoms with Crippen molar-refractivity contribution < 1.29 is 14.3 Å². The lowest BCUT2D eigenvalue weighted by Crippen LogP contribution is -2.43. The second-order valence-corrected chi connectivity index (χ2v) is 8.28. The third-order valence-corrected chi connectivity index (χ3v) is 6.25. The summed E-state index contributed by atoms with van der Waals surface area (Å²) in [6.45, 7) is 10.6. The molecule has 0 N–H and O–H groups in total. The van der Waals surface area contributed by atoms with Gasteiger partial charge in [-0.1, -0.05) is 45.0 Å². The number of rotatable bonds is 3. The first-order chi connectivity index (χ1) is 10.7. The van der Waals surface area contributed by atoms with Crippen LogP contribution in [0.5, 0.6) is 0 Å². The standard InChI is InChI=1S/C20H28O3/c1-13-8-6-7-9-16(13)14(2)22-18(21)23-17-19(3,4)15-10-11-20(17,5)12-15/h6-9,14-15,17H,10-12H2,1-5H3/t14-,15?,17?,20?/m1/s1. The summed E-state index contributed by atoms with van der Waals surface area (Å²) in [7, 11) is 0. The van der Waals surface area contributed by atoms with Crippen LogP contribution in [0.1, 0.15) is 64.2 Å². The fourth-order valence-electron chi connectivity index (χ4n) is 4.93. The van der Waals surface area contributed by atoms with Crippen molar-refractivity contribution in [2.24, 2.45) is 16.7 Å². The molecule has 0 amide bonds. The Balaban J connectivity index is 1.67. The molecule has 3 unspecified atom stereocenters. The van der Waals surface area contributed by atoms with E-state index in [0.29, 0.717) is 5.92 Å². The third-order valence-electron chi connectivity index (χ3n) is 6.25. The van der Waals surface area contributed by atoms with Gasteiger partial charge in [-0.25, -0.2) is 4.79 Å². The van der Waals surface area contributed by atoms with Crippen LogP contribution in [0.2, 0.25) is 0 Å². The fraction of sp³-hybridized carbons (Fsp3) is 0.650. The highest BCUT2D eigenvalue weighted by Gasteiger charge is 2.61. The number of aryl methyl sites for hydroxylation is 1. The van der Waals surface area contributed by atoms with E-state index >= 15 is 0 Å². The van der Waals surface area contributed by atoms with E-state index in [1.54, 1.807) is 0 Å². The third kappa shape index (κ3) is 2.75. The molecule has 1 aromatic rings. The quantitative estimate of drug-likeness (QED) is 0.698. The molecule has 0 aliphatic heterocycles. The SMILES string of the molecule is Cc1ccccc1[C@@H](C)OC(=O)OC1C2(C)CCC(C2)C1(C)C. The number of carbonyl (C=O) groups excluding carboxylic acids is 1. The molecule has 2 aliphatic carbocycles. The largest absolute Gasteiger partial charge is 0.509 e. The Bertz CT molecular complexity index is 602. The maximum atomic E-state index is 12.4. The molecule has 0 radical (unpaired) electrons. The number of ether oxygens (including phenoxy) is 2. The zero-order chi connectivity index (χ0) is 16.8. The molecular weight excluding hydrogens is 288 g/mol. The topological polar surface area (TPSA) is 35.5 Å². The van der Waals surface area contributed by atoms with Gasteiger partial charge < -0.3 is 9.47 Å². The summed E-state index contributed by atoms with van der Waals surface area (Å²) in [6.07, 6.45) is 2.67. The molecule has 2 fully saturated rings. The van der Waals surface area contributed by atoms with E-state index in [1.807, 2.05) is 38.1 Å². The van der Waals surface area contributed by atoms with Gasteiger partial charge >= 0.3 is 6.16 Å². The number of hydrogen-bond donors (Lipinski definition) is 0. The van der Waals surface area contributed by atoms with E-state index in [0.717, 1.165) is 24.0 Å². The fourth-order valence-corrected chi connectivity index (χ4v) is 4.93. The summed E-state index contributed by atoms with van der Waals surface area (Å²) in [6, 6.07) is 7.98. The predicted molar refractivity (Wildman–Crippen MR) is 90.2 cm³/mol. The lowest BCUT2D eigenvalue weighted by molar-refractivity contribution is -0.0806. The van der Waals surface area contributed by atoms with E-state index in [1.165, 1.54) is 6.42 Å². The van der Waals surface area contributed by atoms with Crippen LogP contribution in [0.15, 0.2) is 24.3 Å². The highest BCUT2D eigenvalue weighted by Crippen LogP contribution is 2.63. The van der Waals surface area contributed by atoms with Crippen LogP contribution in [0, 0.1) is 23.7 Å². The average molecular weight is 316 g/mol. The lowest BCUT2D eigenvalue weighted by Gasteiger charge is -2.41. The number of carbonyl (C=O) groups is 1. The van der Waals surface area contributed by atoms with Gasteiger partial charge in [0.1, 0.15) is 12.2 Å². The molecule has 3 heteroatoms. The van der Waals surface area contributed by atoms with Gasteiger partial charge in [0.05, 0.1) is 0 Å². The van der Waals surface area contributed by atoms with E-state index in [4.69, 9.17) is 9.47 Å². The van der Waals surface area contributed by atoms with Crippen LogP contribution in [0.3, 0.4) is 0 Å². The summed E-state index contributed by atoms with van der Waals surface area (Å²) < 4.78 is 11.4. The first-order valence-electron chi connectivity index (χ1n) is 8.67. The normalized spacial score (nSPS) is 32.6. The van der Waals surface area contributed by atoms with E-state index < -0.39 is 6.16 Å². The van der Waals surface area contributed by atoms with Crippen LogP contribution >= 0.6 is 0 Å². The maximum absolute atomic E-state index is 12.4. The first-order valence-corrected chi connectivity index (χ1v) is 8.67. The molecular formula is C20H28O3. The molecule has 3 rings (SSSR count). The van der Waals surface area contributed by atoms with Gasteiger partial charge in [0.25, 0.3) is 0 Å². The average Bonchev–Trinajstić information content (AvgIpc) is 2.95. The van der Waals surface area contributed by atoms with Crippen molar-refractivity contribution in [3.05, 3.63) is 35.4 Å². The van der Waals surface area contributed by atoms with Crippen LogP contribution in [0.25, 0.3) is 0 Å². The van der Waals surface area contributed by atoms with Crippen molar-refractivity contribution in [3.63, 3.8) is 0 Å². The van der Waals surface area contributed by atoms with Gasteiger partial charge in [-0.2, -0.15) is 0 Å². The van der Waals surface area contributed by atoms with Gasteiger partial charge in [0, 0.05) is 10.8 Å². The Kier molecular flexibility index (Phi) is 3.94. The Morgan fingerprint density at radius 2 is 1.96 bits per heavy atom. The van der Waals surface area contributed by atoms with Crippen molar-refractivity contribution >= 4 is 6.16 Å². The van der Waals surface area contributed by atoms with Gasteiger partial charge in [-0.3, -0.25) is 0 Å². The second-order valence-electron chi connectivity index (χ2n) is 8.28. The minimum Gasteiger partial charge on any atom is -0.430 e. The zero-order valence-corrected chi connectivity index (χ0v) is 14.9. The van der Waals surface area contributed by atoms with E-state index in [2.05, 4.69) is 20.8 Å². The van der Waals surface area contributed by atoms with E-state index in [-0.39, 0.29) is 23.0 Å². The number of hydrogen-bond acceptors (Lipinski definition) is 3. The highest BCUT2D eigenvalue weighted by atomic mass is 16.7. The molecule has 0 saturated heterocycles. The summed E-state index contributed by atoms with van der Waals surface area (Å²) in [5, 5.41) is 0. The summed E-state index contributed by atoms with van der Waals surface area (Å²) in [4.78, 5) is 12.4. The van der Waals surface area contributed by atoms with Crippen LogP contribution < -0.4 is 0 Å². The molecule has 23 heavy (non-hydrogen) atoms. The van der Waals surface area contributed by atoms with Crippen LogP contribution in [-0.4, -0.2) is 12.3 Å². The number of fused-ring (bicyclic) bond motifs is 2. The minimum atomic E-state index is -0.535. The zero-order valence-electron chi connectivity index (χ0n) is 14.9. The smallest absolute Gasteiger partial charge is 0.430 e. The molecule has 3 nitrogen and oxygen atoms in total.